The van der Waals surface area contributed by atoms with Crippen molar-refractivity contribution in [1.82, 2.24) is 0 Å². The van der Waals surface area contributed by atoms with E-state index >= 15 is 0 Å². The number of hydrogen-bond donors (Lipinski definition) is 0. The number of hydrogen-bond acceptors (Lipinski definition) is 2. The van der Waals surface area contributed by atoms with Gasteiger partial charge in [0.25, 0.3) is 0 Å². The van der Waals surface area contributed by atoms with Gasteiger partial charge in [-0.1, -0.05) is 111 Å². The molecule has 1 aliphatic carbocycles. The Morgan fingerprint density at radius 1 is 0.650 bits per heavy atom. The van der Waals surface area contributed by atoms with Gasteiger partial charge >= 0.3 is 0 Å². The van der Waals surface area contributed by atoms with E-state index in [1.165, 1.54) is 33.4 Å². The summed E-state index contributed by atoms with van der Waals surface area (Å²) in [5.74, 6) is 0.867. The third kappa shape index (κ3) is 3.71. The predicted octanol–water partition coefficient (Wildman–Crippen LogP) is 10.5. The van der Waals surface area contributed by atoms with Crippen LogP contribution in [0.3, 0.4) is 0 Å². The van der Waals surface area contributed by atoms with E-state index in [4.69, 9.17) is 4.42 Å². The van der Waals surface area contributed by atoms with Crippen LogP contribution in [-0.2, 0) is 5.41 Å². The fraction of sp³-hybridized carbons (Fsp3) is 0.105. The summed E-state index contributed by atoms with van der Waals surface area (Å²) in [5.41, 5.74) is 12.6. The van der Waals surface area contributed by atoms with Crippen molar-refractivity contribution in [2.45, 2.75) is 26.2 Å². The van der Waals surface area contributed by atoms with Crippen molar-refractivity contribution in [3.8, 4) is 22.3 Å². The first-order valence-electron chi connectivity index (χ1n) is 13.8. The van der Waals surface area contributed by atoms with Gasteiger partial charge < -0.3 is 9.32 Å². The SMILES string of the molecule is C=C(c1c(C)oc2ccccc12)N(c1ccc(-c2ccccc2)cc1)c1ccc2c(c1)C(C)(C)c1ccccc1-2. The van der Waals surface area contributed by atoms with Crippen LogP contribution in [0.1, 0.15) is 36.3 Å². The molecule has 1 aromatic heterocycles. The quantitative estimate of drug-likeness (QED) is 0.226. The van der Waals surface area contributed by atoms with Crippen molar-refractivity contribution in [1.29, 1.82) is 0 Å². The molecule has 2 nitrogen and oxygen atoms in total. The van der Waals surface area contributed by atoms with Gasteiger partial charge in [0.1, 0.15) is 11.3 Å². The normalized spacial score (nSPS) is 13.2. The Labute approximate surface area is 235 Å². The van der Waals surface area contributed by atoms with E-state index < -0.39 is 0 Å². The van der Waals surface area contributed by atoms with Crippen LogP contribution in [-0.4, -0.2) is 0 Å². The van der Waals surface area contributed by atoms with Crippen LogP contribution in [0, 0.1) is 6.92 Å². The summed E-state index contributed by atoms with van der Waals surface area (Å²) < 4.78 is 6.18. The molecule has 0 saturated heterocycles. The number of rotatable bonds is 5. The van der Waals surface area contributed by atoms with Gasteiger partial charge in [-0.25, -0.2) is 0 Å². The highest BCUT2D eigenvalue weighted by molar-refractivity contribution is 5.99. The molecule has 1 aliphatic rings. The van der Waals surface area contributed by atoms with Crippen molar-refractivity contribution in [2.75, 3.05) is 4.90 Å². The van der Waals surface area contributed by atoms with E-state index in [0.717, 1.165) is 39.4 Å². The first-order valence-corrected chi connectivity index (χ1v) is 13.8. The van der Waals surface area contributed by atoms with E-state index in [1.807, 2.05) is 19.1 Å². The number of aryl methyl sites for hydroxylation is 1. The van der Waals surface area contributed by atoms with Crippen LogP contribution in [0.15, 0.2) is 132 Å². The summed E-state index contributed by atoms with van der Waals surface area (Å²) in [5, 5.41) is 1.07. The first-order chi connectivity index (χ1) is 19.4. The van der Waals surface area contributed by atoms with E-state index in [9.17, 15) is 0 Å². The minimum absolute atomic E-state index is 0.0929. The van der Waals surface area contributed by atoms with Crippen LogP contribution in [0.2, 0.25) is 0 Å². The first kappa shape index (κ1) is 24.2. The average molecular weight is 518 g/mol. The maximum atomic E-state index is 6.18. The lowest BCUT2D eigenvalue weighted by Crippen LogP contribution is -2.18. The molecule has 0 radical (unpaired) electrons. The molecule has 0 bridgehead atoms. The standard InChI is InChI=1S/C38H31NO/c1-25(37-26(2)40-36-17-11-9-15-33(36)37)39(29-20-18-28(19-21-29)27-12-6-5-7-13-27)30-22-23-32-31-14-8-10-16-34(31)38(3,4)35(32)24-30/h5-24H,1H2,2-4H3. The topological polar surface area (TPSA) is 16.4 Å². The highest BCUT2D eigenvalue weighted by Gasteiger charge is 2.36. The van der Waals surface area contributed by atoms with Crippen LogP contribution >= 0.6 is 0 Å². The van der Waals surface area contributed by atoms with Crippen molar-refractivity contribution in [3.05, 3.63) is 150 Å². The summed E-state index contributed by atoms with van der Waals surface area (Å²) in [6, 6.07) is 43.1. The highest BCUT2D eigenvalue weighted by Crippen LogP contribution is 2.50. The van der Waals surface area contributed by atoms with Gasteiger partial charge in [-0.05, 0) is 70.6 Å². The number of fused-ring (bicyclic) bond motifs is 4. The number of para-hydroxylation sites is 1. The summed E-state index contributed by atoms with van der Waals surface area (Å²) in [6.45, 7) is 11.3. The number of benzene rings is 5. The lowest BCUT2D eigenvalue weighted by molar-refractivity contribution is 0.577. The van der Waals surface area contributed by atoms with Gasteiger partial charge in [0, 0.05) is 27.7 Å². The lowest BCUT2D eigenvalue weighted by atomic mass is 9.82. The Morgan fingerprint density at radius 2 is 1.27 bits per heavy atom. The van der Waals surface area contributed by atoms with Crippen molar-refractivity contribution < 1.29 is 4.42 Å². The van der Waals surface area contributed by atoms with Gasteiger partial charge in [-0.3, -0.25) is 0 Å². The number of nitrogens with zero attached hydrogens (tertiary/aromatic N) is 1. The fourth-order valence-corrected chi connectivity index (χ4v) is 6.36. The van der Waals surface area contributed by atoms with Crippen LogP contribution in [0.25, 0.3) is 38.9 Å². The molecule has 6 aromatic rings. The van der Waals surface area contributed by atoms with Crippen LogP contribution < -0.4 is 4.90 Å². The van der Waals surface area contributed by atoms with Crippen molar-refractivity contribution in [2.24, 2.45) is 0 Å². The van der Waals surface area contributed by atoms with Crippen molar-refractivity contribution in [3.63, 3.8) is 0 Å². The molecule has 0 saturated carbocycles. The van der Waals surface area contributed by atoms with Gasteiger partial charge in [0.05, 0.1) is 5.70 Å². The molecule has 0 unspecified atom stereocenters. The Bertz CT molecular complexity index is 1890. The molecule has 0 atom stereocenters. The largest absolute Gasteiger partial charge is 0.461 e. The monoisotopic (exact) mass is 517 g/mol. The predicted molar refractivity (Wildman–Crippen MR) is 168 cm³/mol. The maximum absolute atomic E-state index is 6.18. The fourth-order valence-electron chi connectivity index (χ4n) is 6.36. The summed E-state index contributed by atoms with van der Waals surface area (Å²) in [4.78, 5) is 2.28. The Balaban J connectivity index is 1.39. The Kier molecular flexibility index (Phi) is 5.54. The zero-order chi connectivity index (χ0) is 27.4. The van der Waals surface area contributed by atoms with E-state index in [2.05, 4.69) is 135 Å². The van der Waals surface area contributed by atoms with Gasteiger partial charge in [-0.2, -0.15) is 0 Å². The zero-order valence-electron chi connectivity index (χ0n) is 23.1. The van der Waals surface area contributed by atoms with Crippen LogP contribution in [0.4, 0.5) is 11.4 Å². The minimum atomic E-state index is -0.0929. The third-order valence-corrected chi connectivity index (χ3v) is 8.39. The summed E-state index contributed by atoms with van der Waals surface area (Å²) in [6.07, 6.45) is 0. The molecule has 5 aromatic carbocycles. The number of anilines is 2. The van der Waals surface area contributed by atoms with Crippen LogP contribution in [0.5, 0.6) is 0 Å². The second-order valence-corrected chi connectivity index (χ2v) is 11.1. The molecule has 0 amide bonds. The summed E-state index contributed by atoms with van der Waals surface area (Å²) >= 11 is 0. The molecule has 2 heteroatoms. The zero-order valence-corrected chi connectivity index (χ0v) is 23.1. The van der Waals surface area contributed by atoms with Gasteiger partial charge in [0.2, 0.25) is 0 Å². The van der Waals surface area contributed by atoms with Gasteiger partial charge in [-0.15, -0.1) is 0 Å². The van der Waals surface area contributed by atoms with E-state index in [1.54, 1.807) is 0 Å². The van der Waals surface area contributed by atoms with Crippen molar-refractivity contribution >= 4 is 28.0 Å². The molecule has 0 aliphatic heterocycles. The van der Waals surface area contributed by atoms with E-state index in [0.29, 0.717) is 0 Å². The molecule has 7 rings (SSSR count). The second-order valence-electron chi connectivity index (χ2n) is 11.1. The van der Waals surface area contributed by atoms with E-state index in [-0.39, 0.29) is 5.41 Å². The molecule has 0 fully saturated rings. The Morgan fingerprint density at radius 3 is 2.08 bits per heavy atom. The smallest absolute Gasteiger partial charge is 0.134 e. The molecule has 0 spiro atoms. The Hall–Kier alpha value is -4.82. The van der Waals surface area contributed by atoms with Gasteiger partial charge in [0.15, 0.2) is 0 Å². The lowest BCUT2D eigenvalue weighted by Gasteiger charge is -2.29. The molecule has 40 heavy (non-hydrogen) atoms. The molecule has 1 heterocycles. The maximum Gasteiger partial charge on any atom is 0.134 e. The average Bonchev–Trinajstić information content (AvgIpc) is 3.44. The minimum Gasteiger partial charge on any atom is -0.461 e. The summed E-state index contributed by atoms with van der Waals surface area (Å²) in [7, 11) is 0. The second kappa shape index (κ2) is 9.14. The highest BCUT2D eigenvalue weighted by atomic mass is 16.3. The molecule has 0 N–H and O–H groups in total. The molecule has 194 valence electrons. The molecular formula is C38H31NO. The molecular weight excluding hydrogens is 486 g/mol. The third-order valence-electron chi connectivity index (χ3n) is 8.39. The number of furan rings is 1.